The highest BCUT2D eigenvalue weighted by molar-refractivity contribution is 5.94. The van der Waals surface area contributed by atoms with Crippen molar-refractivity contribution < 1.29 is 14.1 Å². The highest BCUT2D eigenvalue weighted by atomic mass is 19.1. The molecule has 0 fully saturated rings. The normalized spacial score (nSPS) is 10.2. The van der Waals surface area contributed by atoms with Crippen LogP contribution in [0.4, 0.5) is 10.1 Å². The van der Waals surface area contributed by atoms with E-state index in [2.05, 4.69) is 0 Å². The highest BCUT2D eigenvalue weighted by Crippen LogP contribution is 2.15. The second-order valence-corrected chi connectivity index (χ2v) is 4.56. The van der Waals surface area contributed by atoms with Crippen LogP contribution in [0.3, 0.4) is 0 Å². The van der Waals surface area contributed by atoms with Crippen LogP contribution >= 0.6 is 0 Å². The van der Waals surface area contributed by atoms with Gasteiger partial charge >= 0.3 is 0 Å². The Hall–Kier alpha value is -2.76. The number of nitrogens with zero attached hydrogens (tertiary/aromatic N) is 2. The van der Waals surface area contributed by atoms with E-state index >= 15 is 0 Å². The van der Waals surface area contributed by atoms with Crippen LogP contribution in [0.25, 0.3) is 0 Å². The van der Waals surface area contributed by atoms with Crippen LogP contribution in [0.1, 0.15) is 15.9 Å². The lowest BCUT2D eigenvalue weighted by atomic mass is 10.1. The number of hydrogen-bond donors (Lipinski definition) is 0. The minimum Gasteiger partial charge on any atom is -0.337 e. The Morgan fingerprint density at radius 2 is 1.81 bits per heavy atom. The molecule has 21 heavy (non-hydrogen) atoms. The molecule has 0 aliphatic carbocycles. The van der Waals surface area contributed by atoms with Crippen LogP contribution in [0, 0.1) is 15.9 Å². The number of nitro benzene ring substituents is 1. The van der Waals surface area contributed by atoms with Crippen LogP contribution in [0.5, 0.6) is 0 Å². The Bertz CT molecular complexity index is 671. The average Bonchev–Trinajstić information content (AvgIpc) is 2.49. The molecule has 0 saturated heterocycles. The number of halogens is 1. The maximum absolute atomic E-state index is 13.5. The van der Waals surface area contributed by atoms with Crippen molar-refractivity contribution in [1.82, 2.24) is 4.90 Å². The molecule has 2 rings (SSSR count). The number of benzene rings is 2. The lowest BCUT2D eigenvalue weighted by Gasteiger charge is -2.17. The van der Waals surface area contributed by atoms with Crippen LogP contribution in [0.2, 0.25) is 0 Å². The standard InChI is InChI=1S/C15H13FN2O3/c1-17(10-12-4-2-3-5-14(12)16)15(19)11-6-8-13(9-7-11)18(20)21/h2-9H,10H2,1H3. The van der Waals surface area contributed by atoms with Gasteiger partial charge in [0.15, 0.2) is 0 Å². The number of carbonyl (C=O) groups is 1. The van der Waals surface area contributed by atoms with E-state index in [1.165, 1.54) is 35.2 Å². The van der Waals surface area contributed by atoms with Crippen molar-refractivity contribution in [3.8, 4) is 0 Å². The molecule has 0 unspecified atom stereocenters. The zero-order chi connectivity index (χ0) is 15.4. The molecule has 0 N–H and O–H groups in total. The Balaban J connectivity index is 2.12. The lowest BCUT2D eigenvalue weighted by Crippen LogP contribution is -2.26. The summed E-state index contributed by atoms with van der Waals surface area (Å²) in [4.78, 5) is 23.6. The summed E-state index contributed by atoms with van der Waals surface area (Å²) in [5, 5.41) is 10.6. The van der Waals surface area contributed by atoms with Gasteiger partial charge in [0.25, 0.3) is 11.6 Å². The second kappa shape index (κ2) is 6.13. The molecule has 0 aliphatic heterocycles. The Morgan fingerprint density at radius 1 is 1.19 bits per heavy atom. The summed E-state index contributed by atoms with van der Waals surface area (Å²) < 4.78 is 13.5. The summed E-state index contributed by atoms with van der Waals surface area (Å²) >= 11 is 0. The first-order valence-electron chi connectivity index (χ1n) is 6.22. The van der Waals surface area contributed by atoms with Gasteiger partial charge in [-0.1, -0.05) is 18.2 Å². The summed E-state index contributed by atoms with van der Waals surface area (Å²) in [6.07, 6.45) is 0. The highest BCUT2D eigenvalue weighted by Gasteiger charge is 2.15. The van der Waals surface area contributed by atoms with Gasteiger partial charge in [0, 0.05) is 36.9 Å². The third-order valence-corrected chi connectivity index (χ3v) is 3.04. The Labute approximate surface area is 120 Å². The van der Waals surface area contributed by atoms with E-state index in [1.807, 2.05) is 0 Å². The van der Waals surface area contributed by atoms with Crippen molar-refractivity contribution in [2.45, 2.75) is 6.54 Å². The largest absolute Gasteiger partial charge is 0.337 e. The first-order valence-corrected chi connectivity index (χ1v) is 6.22. The first-order chi connectivity index (χ1) is 9.99. The molecule has 2 aromatic carbocycles. The van der Waals surface area contributed by atoms with Crippen LogP contribution in [0.15, 0.2) is 48.5 Å². The van der Waals surface area contributed by atoms with Gasteiger partial charge in [-0.05, 0) is 18.2 Å². The van der Waals surface area contributed by atoms with Crippen molar-refractivity contribution in [3.05, 3.63) is 75.6 Å². The molecule has 0 saturated carbocycles. The molecule has 0 radical (unpaired) electrons. The van der Waals surface area contributed by atoms with Crippen LogP contribution < -0.4 is 0 Å². The smallest absolute Gasteiger partial charge is 0.269 e. The van der Waals surface area contributed by atoms with Gasteiger partial charge in [0.2, 0.25) is 0 Å². The number of hydrogen-bond acceptors (Lipinski definition) is 3. The predicted molar refractivity (Wildman–Crippen MR) is 75.3 cm³/mol. The van der Waals surface area contributed by atoms with Crippen molar-refractivity contribution >= 4 is 11.6 Å². The fourth-order valence-corrected chi connectivity index (χ4v) is 1.90. The summed E-state index contributed by atoms with van der Waals surface area (Å²) in [5.41, 5.74) is 0.651. The van der Waals surface area contributed by atoms with Crippen molar-refractivity contribution in [3.63, 3.8) is 0 Å². The molecule has 1 amide bonds. The predicted octanol–water partition coefficient (Wildman–Crippen LogP) is 3.01. The molecule has 0 heterocycles. The topological polar surface area (TPSA) is 63.5 Å². The van der Waals surface area contributed by atoms with E-state index in [0.717, 1.165) is 0 Å². The molecule has 0 bridgehead atoms. The summed E-state index contributed by atoms with van der Waals surface area (Å²) in [7, 11) is 1.55. The minimum atomic E-state index is -0.530. The molecule has 0 spiro atoms. The summed E-state index contributed by atoms with van der Waals surface area (Å²) in [5.74, 6) is -0.700. The Kier molecular flexibility index (Phi) is 4.27. The van der Waals surface area contributed by atoms with E-state index in [0.29, 0.717) is 11.1 Å². The van der Waals surface area contributed by atoms with Gasteiger partial charge < -0.3 is 4.90 Å². The maximum atomic E-state index is 13.5. The third-order valence-electron chi connectivity index (χ3n) is 3.04. The van der Waals surface area contributed by atoms with Crippen molar-refractivity contribution in [2.24, 2.45) is 0 Å². The number of amides is 1. The molecular formula is C15H13FN2O3. The average molecular weight is 288 g/mol. The molecule has 0 atom stereocenters. The SMILES string of the molecule is CN(Cc1ccccc1F)C(=O)c1ccc([N+](=O)[O-])cc1. The van der Waals surface area contributed by atoms with Crippen LogP contribution in [-0.2, 0) is 6.54 Å². The number of nitro groups is 1. The first kappa shape index (κ1) is 14.6. The minimum absolute atomic E-state index is 0.0803. The molecular weight excluding hydrogens is 275 g/mol. The Morgan fingerprint density at radius 3 is 2.38 bits per heavy atom. The zero-order valence-corrected chi connectivity index (χ0v) is 11.3. The monoisotopic (exact) mass is 288 g/mol. The fourth-order valence-electron chi connectivity index (χ4n) is 1.90. The van der Waals surface area contributed by atoms with E-state index in [4.69, 9.17) is 0 Å². The lowest BCUT2D eigenvalue weighted by molar-refractivity contribution is -0.384. The van der Waals surface area contributed by atoms with E-state index in [9.17, 15) is 19.3 Å². The summed E-state index contributed by atoms with van der Waals surface area (Å²) in [6.45, 7) is 0.127. The number of rotatable bonds is 4. The van der Waals surface area contributed by atoms with Gasteiger partial charge in [-0.2, -0.15) is 0 Å². The summed E-state index contributed by atoms with van der Waals surface area (Å²) in [6, 6.07) is 11.5. The number of non-ortho nitro benzene ring substituents is 1. The molecule has 5 nitrogen and oxygen atoms in total. The quantitative estimate of drug-likeness (QED) is 0.641. The number of carbonyl (C=O) groups excluding carboxylic acids is 1. The molecule has 0 aromatic heterocycles. The molecule has 108 valence electrons. The van der Waals surface area contributed by atoms with Gasteiger partial charge in [-0.15, -0.1) is 0 Å². The third kappa shape index (κ3) is 3.42. The van der Waals surface area contributed by atoms with Gasteiger partial charge in [-0.25, -0.2) is 4.39 Å². The zero-order valence-electron chi connectivity index (χ0n) is 11.3. The van der Waals surface area contributed by atoms with Crippen molar-refractivity contribution in [1.29, 1.82) is 0 Å². The molecule has 0 aliphatic rings. The van der Waals surface area contributed by atoms with E-state index in [-0.39, 0.29) is 24.0 Å². The fraction of sp³-hybridized carbons (Fsp3) is 0.133. The van der Waals surface area contributed by atoms with Gasteiger partial charge in [-0.3, -0.25) is 14.9 Å². The molecule has 2 aromatic rings. The van der Waals surface area contributed by atoms with Crippen LogP contribution in [-0.4, -0.2) is 22.8 Å². The van der Waals surface area contributed by atoms with E-state index in [1.54, 1.807) is 25.2 Å². The van der Waals surface area contributed by atoms with Crippen molar-refractivity contribution in [2.75, 3.05) is 7.05 Å². The maximum Gasteiger partial charge on any atom is 0.269 e. The van der Waals surface area contributed by atoms with E-state index < -0.39 is 4.92 Å². The molecule has 6 heteroatoms. The van der Waals surface area contributed by atoms with Gasteiger partial charge in [0.1, 0.15) is 5.82 Å². The second-order valence-electron chi connectivity index (χ2n) is 4.56. The van der Waals surface area contributed by atoms with Gasteiger partial charge in [0.05, 0.1) is 4.92 Å².